The average Bonchev–Trinajstić information content (AvgIpc) is 0.985. The summed E-state index contributed by atoms with van der Waals surface area (Å²) in [6.45, 7) is 4.34. The van der Waals surface area contributed by atoms with Crippen LogP contribution in [0.2, 0.25) is 0 Å². The Morgan fingerprint density at radius 2 is 0.571 bits per heavy atom. The smallest absolute Gasteiger partial charge is 0.462 e. The van der Waals surface area contributed by atoms with Gasteiger partial charge >= 0.3 is 39.5 Å². The van der Waals surface area contributed by atoms with Gasteiger partial charge in [0.1, 0.15) is 19.3 Å². The van der Waals surface area contributed by atoms with Crippen molar-refractivity contribution in [1.82, 2.24) is 0 Å². The van der Waals surface area contributed by atoms with E-state index in [0.29, 0.717) is 25.7 Å². The minimum atomic E-state index is -4.99. The van der Waals surface area contributed by atoms with Crippen molar-refractivity contribution in [2.24, 2.45) is 0 Å². The van der Waals surface area contributed by atoms with Crippen LogP contribution in [0, 0.1) is 0 Å². The Kier molecular flexibility index (Phi) is 66.7. The van der Waals surface area contributed by atoms with Gasteiger partial charge in [-0.2, -0.15) is 0 Å². The van der Waals surface area contributed by atoms with Crippen molar-refractivity contribution in [3.05, 3.63) is 146 Å². The van der Waals surface area contributed by atoms with Gasteiger partial charge in [-0.1, -0.05) is 270 Å². The number of aliphatic hydroxyl groups excluding tert-OH is 1. The van der Waals surface area contributed by atoms with Crippen molar-refractivity contribution in [2.45, 2.75) is 290 Å². The number of allylic oxidation sites excluding steroid dienone is 23. The molecule has 19 heteroatoms. The van der Waals surface area contributed by atoms with Gasteiger partial charge in [0.15, 0.2) is 12.2 Å². The van der Waals surface area contributed by atoms with Gasteiger partial charge in [0.2, 0.25) is 0 Å². The van der Waals surface area contributed by atoms with Gasteiger partial charge in [-0.05, 0) is 122 Å². The van der Waals surface area contributed by atoms with E-state index in [1.807, 2.05) is 18.2 Å². The summed E-state index contributed by atoms with van der Waals surface area (Å²) in [6.07, 6.45) is 78.8. The molecule has 0 saturated carbocycles. The summed E-state index contributed by atoms with van der Waals surface area (Å²) in [4.78, 5) is 72.7. The van der Waals surface area contributed by atoms with Gasteiger partial charge in [-0.3, -0.25) is 37.3 Å². The van der Waals surface area contributed by atoms with Crippen LogP contribution in [0.3, 0.4) is 0 Å². The summed E-state index contributed by atoms with van der Waals surface area (Å²) in [6, 6.07) is 0. The van der Waals surface area contributed by atoms with Gasteiger partial charge in [0, 0.05) is 19.3 Å². The second kappa shape index (κ2) is 70.4. The first-order valence-electron chi connectivity index (χ1n) is 37.1. The Morgan fingerprint density at radius 3 is 0.908 bits per heavy atom. The molecule has 3 N–H and O–H groups in total. The van der Waals surface area contributed by atoms with Crippen LogP contribution < -0.4 is 0 Å². The number of carbonyl (C=O) groups is 4. The molecule has 0 radical (unpaired) electrons. The van der Waals surface area contributed by atoms with E-state index in [-0.39, 0.29) is 25.7 Å². The van der Waals surface area contributed by atoms with Gasteiger partial charge in [-0.25, -0.2) is 9.13 Å². The molecule has 0 aliphatic heterocycles. The lowest BCUT2D eigenvalue weighted by Crippen LogP contribution is -2.30. The predicted molar refractivity (Wildman–Crippen MR) is 399 cm³/mol. The third-order valence-electron chi connectivity index (χ3n) is 14.8. The van der Waals surface area contributed by atoms with Crippen molar-refractivity contribution >= 4 is 39.5 Å². The molecule has 558 valence electrons. The maximum atomic E-state index is 13.1. The lowest BCUT2D eigenvalue weighted by Gasteiger charge is -2.21. The molecule has 0 bridgehead atoms. The topological polar surface area (TPSA) is 237 Å². The van der Waals surface area contributed by atoms with E-state index in [2.05, 4.69) is 149 Å². The van der Waals surface area contributed by atoms with Crippen molar-refractivity contribution in [3.63, 3.8) is 0 Å². The van der Waals surface area contributed by atoms with Crippen molar-refractivity contribution in [3.8, 4) is 0 Å². The maximum Gasteiger partial charge on any atom is 0.472 e. The zero-order valence-electron chi connectivity index (χ0n) is 60.7. The van der Waals surface area contributed by atoms with E-state index in [0.717, 1.165) is 154 Å². The van der Waals surface area contributed by atoms with Crippen molar-refractivity contribution < 1.29 is 80.2 Å². The number of esters is 4. The van der Waals surface area contributed by atoms with Gasteiger partial charge in [0.25, 0.3) is 0 Å². The molecule has 5 atom stereocenters. The highest BCUT2D eigenvalue weighted by molar-refractivity contribution is 7.47. The van der Waals surface area contributed by atoms with Crippen LogP contribution in [0.1, 0.15) is 272 Å². The first kappa shape index (κ1) is 92.9. The first-order valence-corrected chi connectivity index (χ1v) is 40.1. The lowest BCUT2D eigenvalue weighted by atomic mass is 10.1. The number of aliphatic hydroxyl groups is 1. The number of carbonyl (C=O) groups excluding carboxylic acids is 4. The van der Waals surface area contributed by atoms with Crippen LogP contribution in [0.5, 0.6) is 0 Å². The molecule has 0 aromatic heterocycles. The van der Waals surface area contributed by atoms with Crippen LogP contribution in [-0.4, -0.2) is 96.7 Å². The van der Waals surface area contributed by atoms with E-state index in [1.54, 1.807) is 6.08 Å². The van der Waals surface area contributed by atoms with E-state index >= 15 is 0 Å². The zero-order valence-corrected chi connectivity index (χ0v) is 62.4. The monoisotopic (exact) mass is 1410 g/mol. The number of phosphoric acid groups is 2. The van der Waals surface area contributed by atoms with Crippen LogP contribution >= 0.6 is 15.6 Å². The SMILES string of the molecule is CC/C=C\C/C=C\C/C=C\C/C=C\C/C=C\CC(=O)OCC(COP(=O)(O)OCC(O)COP(=O)(O)OCC(COC(=O)CCCCCC/C=C\C/C=C\C/C=C\C/C=C\CC)OC(=O)CCCCCCC/C=C\C/C=C\C/C=C\CC)OC(=O)CCCCCCCCCCCCC. The highest BCUT2D eigenvalue weighted by Gasteiger charge is 2.30. The number of hydrogen-bond donors (Lipinski definition) is 3. The molecule has 17 nitrogen and oxygen atoms in total. The van der Waals surface area contributed by atoms with Crippen LogP contribution in [0.25, 0.3) is 0 Å². The first-order chi connectivity index (χ1) is 47.7. The minimum Gasteiger partial charge on any atom is -0.462 e. The Hall–Kier alpha value is -5.06. The normalized spacial score (nSPS) is 14.8. The third kappa shape index (κ3) is 69.4. The van der Waals surface area contributed by atoms with Gasteiger partial charge in [-0.15, -0.1) is 0 Å². The Labute approximate surface area is 592 Å². The summed E-state index contributed by atoms with van der Waals surface area (Å²) in [7, 11) is -9.99. The number of unbranched alkanes of at least 4 members (excludes halogenated alkanes) is 19. The fourth-order valence-electron chi connectivity index (χ4n) is 9.30. The van der Waals surface area contributed by atoms with Gasteiger partial charge < -0.3 is 33.8 Å². The summed E-state index contributed by atoms with van der Waals surface area (Å²) < 4.78 is 68.2. The second-order valence-corrected chi connectivity index (χ2v) is 27.0. The largest absolute Gasteiger partial charge is 0.472 e. The predicted octanol–water partition coefficient (Wildman–Crippen LogP) is 21.1. The molecule has 0 amide bonds. The fourth-order valence-corrected chi connectivity index (χ4v) is 10.9. The van der Waals surface area contributed by atoms with Crippen LogP contribution in [-0.2, 0) is 65.4 Å². The molecule has 0 heterocycles. The summed E-state index contributed by atoms with van der Waals surface area (Å²) in [5, 5.41) is 10.6. The molecule has 0 fully saturated rings. The van der Waals surface area contributed by atoms with Crippen LogP contribution in [0.4, 0.5) is 0 Å². The van der Waals surface area contributed by atoms with E-state index < -0.39 is 97.5 Å². The summed E-state index contributed by atoms with van der Waals surface area (Å²) in [5.74, 6) is -2.38. The zero-order chi connectivity index (χ0) is 71.8. The molecule has 0 aliphatic rings. The minimum absolute atomic E-state index is 0.0636. The quantitative estimate of drug-likeness (QED) is 0.0169. The van der Waals surface area contributed by atoms with E-state index in [9.17, 15) is 43.2 Å². The number of ether oxygens (including phenoxy) is 4. The average molecular weight is 1410 g/mol. The van der Waals surface area contributed by atoms with Crippen molar-refractivity contribution in [2.75, 3.05) is 39.6 Å². The Balaban J connectivity index is 5.44. The Morgan fingerprint density at radius 1 is 0.306 bits per heavy atom. The molecular formula is C79H130O17P2. The molecule has 0 rings (SSSR count). The number of phosphoric ester groups is 2. The van der Waals surface area contributed by atoms with Crippen molar-refractivity contribution in [1.29, 1.82) is 0 Å². The second-order valence-electron chi connectivity index (χ2n) is 24.1. The summed E-state index contributed by atoms with van der Waals surface area (Å²) >= 11 is 0. The molecule has 5 unspecified atom stereocenters. The highest BCUT2D eigenvalue weighted by atomic mass is 31.2. The molecule has 0 aromatic rings. The molecular weight excluding hydrogens is 1280 g/mol. The van der Waals surface area contributed by atoms with Crippen LogP contribution in [0.15, 0.2) is 146 Å². The number of rotatable bonds is 68. The summed E-state index contributed by atoms with van der Waals surface area (Å²) in [5.41, 5.74) is 0. The molecule has 98 heavy (non-hydrogen) atoms. The fraction of sp³-hybridized carbons (Fsp3) is 0.646. The van der Waals surface area contributed by atoms with E-state index in [4.69, 9.17) is 37.0 Å². The third-order valence-corrected chi connectivity index (χ3v) is 16.7. The number of hydrogen-bond acceptors (Lipinski definition) is 15. The lowest BCUT2D eigenvalue weighted by molar-refractivity contribution is -0.161. The highest BCUT2D eigenvalue weighted by Crippen LogP contribution is 2.45. The molecule has 0 spiro atoms. The standard InChI is InChI=1S/C79H130O17P2/c1-5-9-13-17-21-25-29-32-35-36-39-41-45-48-52-56-60-64-77(82)90-70-75(96-79(84)66-62-58-54-50-46-42-38-34-31-27-23-19-15-11-7-3)72-94-98(87,88)92-68-73(80)67-91-97(85,86)93-71-74(95-78(83)65-61-57-53-49-43-28-24-20-16-12-8-4)69-89-76(81)63-59-55-51-47-44-40-37-33-30-26-22-18-14-10-6-2/h9-11,13-15,21-23,25-27,32-35,37-39,41,44,47,55,59,73-75,80H,5-8,12,16-20,24,28-31,36,40,42-43,45-46,48-54,56-58,60-72H2,1-4H3,(H,85,86)(H,87,88)/b13-9-,14-10-,15-11-,25-21-,26-22-,27-23-,35-32-,37-33-,38-34-,41-39-,47-44-,59-55-. The molecule has 0 aromatic carbocycles. The Bertz CT molecular complexity index is 2430. The molecule has 0 saturated heterocycles. The maximum absolute atomic E-state index is 13.1. The van der Waals surface area contributed by atoms with Gasteiger partial charge in [0.05, 0.1) is 32.8 Å². The van der Waals surface area contributed by atoms with E-state index in [1.165, 1.54) is 38.5 Å². The molecule has 0 aliphatic carbocycles.